The highest BCUT2D eigenvalue weighted by Gasteiger charge is 2.05. The molecule has 1 aromatic heterocycles. The first-order valence-electron chi connectivity index (χ1n) is 6.15. The molecule has 0 aliphatic carbocycles. The monoisotopic (exact) mass is 337 g/mol. The molecule has 0 fully saturated rings. The molecule has 0 N–H and O–H groups in total. The van der Waals surface area contributed by atoms with Crippen molar-refractivity contribution in [1.29, 1.82) is 0 Å². The summed E-state index contributed by atoms with van der Waals surface area (Å²) in [5.41, 5.74) is 1.79. The number of alkyl halides is 1. The predicted octanol–water partition coefficient (Wildman–Crippen LogP) is 2.87. The van der Waals surface area contributed by atoms with Crippen LogP contribution < -0.4 is 14.9 Å². The van der Waals surface area contributed by atoms with Crippen LogP contribution in [-0.2, 0) is 19.0 Å². The Morgan fingerprint density at radius 1 is 1.25 bits per heavy atom. The standard InChI is InChI=1S/C15H16BrNO3/c1-17-9-15(14(18)7-12(17)8-16)20-10-11-3-5-13(19-2)6-4-11/h3-7,9H,8,10H2,1-2H3. The van der Waals surface area contributed by atoms with Gasteiger partial charge in [0.2, 0.25) is 5.43 Å². The van der Waals surface area contributed by atoms with E-state index < -0.39 is 0 Å². The van der Waals surface area contributed by atoms with Crippen LogP contribution in [0, 0.1) is 0 Å². The van der Waals surface area contributed by atoms with E-state index >= 15 is 0 Å². The fourth-order valence-electron chi connectivity index (χ4n) is 1.77. The lowest BCUT2D eigenvalue weighted by Gasteiger charge is -2.10. The third-order valence-corrected chi connectivity index (χ3v) is 3.57. The Kier molecular flexibility index (Phi) is 4.84. The van der Waals surface area contributed by atoms with Crippen LogP contribution in [0.5, 0.6) is 11.5 Å². The Labute approximate surface area is 126 Å². The second-order valence-electron chi connectivity index (χ2n) is 4.37. The van der Waals surface area contributed by atoms with Gasteiger partial charge >= 0.3 is 0 Å². The average molecular weight is 338 g/mol. The molecule has 2 rings (SSSR count). The van der Waals surface area contributed by atoms with Gasteiger partial charge in [-0.05, 0) is 17.7 Å². The van der Waals surface area contributed by atoms with Crippen LogP contribution in [0.3, 0.4) is 0 Å². The number of hydrogen-bond acceptors (Lipinski definition) is 3. The maximum Gasteiger partial charge on any atom is 0.223 e. The Balaban J connectivity index is 2.10. The second kappa shape index (κ2) is 6.61. The summed E-state index contributed by atoms with van der Waals surface area (Å²) in [6.07, 6.45) is 1.71. The number of benzene rings is 1. The Morgan fingerprint density at radius 3 is 2.55 bits per heavy atom. The summed E-state index contributed by atoms with van der Waals surface area (Å²) in [7, 11) is 3.51. The molecule has 0 saturated carbocycles. The average Bonchev–Trinajstić information content (AvgIpc) is 2.48. The topological polar surface area (TPSA) is 40.5 Å². The molecule has 0 radical (unpaired) electrons. The fraction of sp³-hybridized carbons (Fsp3) is 0.267. The van der Waals surface area contributed by atoms with Gasteiger partial charge in [0.25, 0.3) is 0 Å². The van der Waals surface area contributed by atoms with E-state index in [4.69, 9.17) is 9.47 Å². The lowest BCUT2D eigenvalue weighted by atomic mass is 10.2. The summed E-state index contributed by atoms with van der Waals surface area (Å²) in [6, 6.07) is 9.14. The lowest BCUT2D eigenvalue weighted by Crippen LogP contribution is -2.12. The van der Waals surface area contributed by atoms with E-state index in [9.17, 15) is 4.79 Å². The zero-order chi connectivity index (χ0) is 14.5. The first-order chi connectivity index (χ1) is 9.63. The summed E-state index contributed by atoms with van der Waals surface area (Å²) >= 11 is 3.34. The molecule has 0 spiro atoms. The second-order valence-corrected chi connectivity index (χ2v) is 4.94. The van der Waals surface area contributed by atoms with Gasteiger partial charge in [-0.15, -0.1) is 0 Å². The SMILES string of the molecule is COc1ccc(COc2cn(C)c(CBr)cc2=O)cc1. The smallest absolute Gasteiger partial charge is 0.223 e. The Hall–Kier alpha value is -1.75. The number of nitrogens with zero attached hydrogens (tertiary/aromatic N) is 1. The van der Waals surface area contributed by atoms with Crippen molar-refractivity contribution in [3.63, 3.8) is 0 Å². The molecular weight excluding hydrogens is 322 g/mol. The van der Waals surface area contributed by atoms with Crippen LogP contribution in [0.25, 0.3) is 0 Å². The van der Waals surface area contributed by atoms with Crippen molar-refractivity contribution < 1.29 is 9.47 Å². The molecule has 0 amide bonds. The van der Waals surface area contributed by atoms with Gasteiger partial charge in [-0.25, -0.2) is 0 Å². The van der Waals surface area contributed by atoms with Gasteiger partial charge in [0.15, 0.2) is 5.75 Å². The quantitative estimate of drug-likeness (QED) is 0.787. The van der Waals surface area contributed by atoms with Crippen molar-refractivity contribution in [3.05, 3.63) is 58.0 Å². The highest BCUT2D eigenvalue weighted by atomic mass is 79.9. The van der Waals surface area contributed by atoms with E-state index in [1.807, 2.05) is 35.9 Å². The van der Waals surface area contributed by atoms with Gasteiger partial charge in [0.05, 0.1) is 13.3 Å². The number of aromatic nitrogens is 1. The predicted molar refractivity (Wildman–Crippen MR) is 81.6 cm³/mol. The molecule has 5 heteroatoms. The molecule has 2 aromatic rings. The highest BCUT2D eigenvalue weighted by molar-refractivity contribution is 9.08. The highest BCUT2D eigenvalue weighted by Crippen LogP contribution is 2.14. The number of hydrogen-bond donors (Lipinski definition) is 0. The number of pyridine rings is 1. The first kappa shape index (κ1) is 14.7. The molecular formula is C15H16BrNO3. The minimum Gasteiger partial charge on any atom is -0.497 e. The van der Waals surface area contributed by atoms with Crippen LogP contribution in [0.15, 0.2) is 41.3 Å². The lowest BCUT2D eigenvalue weighted by molar-refractivity contribution is 0.300. The van der Waals surface area contributed by atoms with Crippen molar-refractivity contribution in [2.45, 2.75) is 11.9 Å². The number of aryl methyl sites for hydroxylation is 1. The van der Waals surface area contributed by atoms with E-state index in [0.29, 0.717) is 17.7 Å². The van der Waals surface area contributed by atoms with Crippen molar-refractivity contribution in [1.82, 2.24) is 4.57 Å². The number of methoxy groups -OCH3 is 1. The summed E-state index contributed by atoms with van der Waals surface area (Å²) in [5, 5.41) is 0.636. The van der Waals surface area contributed by atoms with Gasteiger partial charge in [-0.1, -0.05) is 28.1 Å². The van der Waals surface area contributed by atoms with Gasteiger partial charge in [-0.2, -0.15) is 0 Å². The third kappa shape index (κ3) is 3.42. The Bertz CT molecular complexity index is 635. The summed E-state index contributed by atoms with van der Waals surface area (Å²) in [6.45, 7) is 0.354. The summed E-state index contributed by atoms with van der Waals surface area (Å²) in [4.78, 5) is 11.9. The van der Waals surface area contributed by atoms with E-state index in [0.717, 1.165) is 17.0 Å². The van der Waals surface area contributed by atoms with Crippen molar-refractivity contribution in [3.8, 4) is 11.5 Å². The van der Waals surface area contributed by atoms with Crippen LogP contribution in [0.1, 0.15) is 11.3 Å². The van der Waals surface area contributed by atoms with E-state index in [1.165, 1.54) is 0 Å². The van der Waals surface area contributed by atoms with Crippen LogP contribution in [0.2, 0.25) is 0 Å². The molecule has 20 heavy (non-hydrogen) atoms. The van der Waals surface area contributed by atoms with Gasteiger partial charge in [-0.3, -0.25) is 4.79 Å². The van der Waals surface area contributed by atoms with E-state index in [-0.39, 0.29) is 5.43 Å². The molecule has 0 bridgehead atoms. The van der Waals surface area contributed by atoms with Gasteiger partial charge in [0, 0.05) is 24.1 Å². The van der Waals surface area contributed by atoms with E-state index in [1.54, 1.807) is 19.4 Å². The fourth-order valence-corrected chi connectivity index (χ4v) is 2.33. The number of ether oxygens (including phenoxy) is 2. The number of halogens is 1. The third-order valence-electron chi connectivity index (χ3n) is 2.99. The Morgan fingerprint density at radius 2 is 1.95 bits per heavy atom. The molecule has 1 heterocycles. The van der Waals surface area contributed by atoms with Gasteiger partial charge in [0.1, 0.15) is 12.4 Å². The molecule has 4 nitrogen and oxygen atoms in total. The molecule has 0 atom stereocenters. The molecule has 1 aromatic carbocycles. The zero-order valence-electron chi connectivity index (χ0n) is 11.4. The molecule has 0 saturated heterocycles. The summed E-state index contributed by atoms with van der Waals surface area (Å²) in [5.74, 6) is 1.15. The van der Waals surface area contributed by atoms with Crippen molar-refractivity contribution >= 4 is 15.9 Å². The zero-order valence-corrected chi connectivity index (χ0v) is 13.0. The minimum atomic E-state index is -0.105. The minimum absolute atomic E-state index is 0.105. The van der Waals surface area contributed by atoms with Crippen LogP contribution in [0.4, 0.5) is 0 Å². The van der Waals surface area contributed by atoms with Crippen LogP contribution in [-0.4, -0.2) is 11.7 Å². The molecule has 0 aliphatic rings. The van der Waals surface area contributed by atoms with Crippen molar-refractivity contribution in [2.75, 3.05) is 7.11 Å². The molecule has 0 unspecified atom stereocenters. The van der Waals surface area contributed by atoms with Crippen LogP contribution >= 0.6 is 15.9 Å². The number of rotatable bonds is 5. The maximum absolute atomic E-state index is 11.9. The molecule has 0 aliphatic heterocycles. The van der Waals surface area contributed by atoms with Crippen molar-refractivity contribution in [2.24, 2.45) is 7.05 Å². The molecule has 106 valence electrons. The normalized spacial score (nSPS) is 10.3. The first-order valence-corrected chi connectivity index (χ1v) is 7.27. The van der Waals surface area contributed by atoms with Gasteiger partial charge < -0.3 is 14.0 Å². The largest absolute Gasteiger partial charge is 0.497 e. The maximum atomic E-state index is 11.9. The summed E-state index contributed by atoms with van der Waals surface area (Å²) < 4.78 is 12.6. The van der Waals surface area contributed by atoms with E-state index in [2.05, 4.69) is 15.9 Å².